The van der Waals surface area contributed by atoms with Crippen molar-refractivity contribution in [2.24, 2.45) is 11.0 Å². The Morgan fingerprint density at radius 1 is 1.62 bits per heavy atom. The molecule has 0 saturated carbocycles. The van der Waals surface area contributed by atoms with E-state index in [1.54, 1.807) is 12.3 Å². The minimum absolute atomic E-state index is 0. The van der Waals surface area contributed by atoms with E-state index in [0.717, 1.165) is 5.57 Å². The largest absolute Gasteiger partial charge is 0.693 e. The molecule has 4 N–H and O–H groups in total. The van der Waals surface area contributed by atoms with Crippen molar-refractivity contribution in [3.63, 3.8) is 0 Å². The van der Waals surface area contributed by atoms with Crippen molar-refractivity contribution < 1.29 is 15.2 Å². The van der Waals surface area contributed by atoms with Gasteiger partial charge in [0.2, 0.25) is 0 Å². The lowest BCUT2D eigenvalue weighted by molar-refractivity contribution is -0.385. The Morgan fingerprint density at radius 2 is 2.33 bits per heavy atom. The third kappa shape index (κ3) is 2.32. The van der Waals surface area contributed by atoms with Gasteiger partial charge in [-0.2, -0.15) is 5.53 Å². The molecule has 1 aliphatic heterocycles. The number of allylic oxidation sites excluding steroid dienone is 1. The van der Waals surface area contributed by atoms with Gasteiger partial charge < -0.3 is 10.9 Å². The molecule has 0 amide bonds. The highest BCUT2D eigenvalue weighted by Gasteiger charge is 2.58. The number of epoxide rings is 1. The van der Waals surface area contributed by atoms with Crippen LogP contribution in [-0.2, 0) is 4.74 Å². The van der Waals surface area contributed by atoms with Gasteiger partial charge in [-0.25, -0.2) is 0 Å². The molecular formula is C13H17N5O3. The molecule has 21 heavy (non-hydrogen) atoms. The van der Waals surface area contributed by atoms with Gasteiger partial charge in [0.1, 0.15) is 11.8 Å². The summed E-state index contributed by atoms with van der Waals surface area (Å²) in [6.45, 7) is 2.70. The number of nitrogens with zero attached hydrogens (tertiary/aromatic N) is 3. The number of nitro groups is 1. The van der Waals surface area contributed by atoms with Gasteiger partial charge in [0, 0.05) is 6.20 Å². The molecule has 3 rings (SSSR count). The predicted molar refractivity (Wildman–Crippen MR) is 74.8 cm³/mol. The summed E-state index contributed by atoms with van der Waals surface area (Å²) < 4.78 is 5.55. The van der Waals surface area contributed by atoms with Crippen molar-refractivity contribution in [2.45, 2.75) is 25.0 Å². The lowest BCUT2D eigenvalue weighted by atomic mass is 9.76. The first-order chi connectivity index (χ1) is 9.58. The van der Waals surface area contributed by atoms with Crippen LogP contribution in [0, 0.1) is 16.0 Å². The Kier molecular flexibility index (Phi) is 3.84. The van der Waals surface area contributed by atoms with Crippen LogP contribution in [0.1, 0.15) is 18.9 Å². The van der Waals surface area contributed by atoms with Crippen LogP contribution in [0.2, 0.25) is 0 Å². The van der Waals surface area contributed by atoms with Gasteiger partial charge in [0.05, 0.1) is 17.1 Å². The van der Waals surface area contributed by atoms with Crippen molar-refractivity contribution in [3.05, 3.63) is 46.4 Å². The van der Waals surface area contributed by atoms with Gasteiger partial charge in [-0.1, -0.05) is 6.92 Å². The van der Waals surface area contributed by atoms with Crippen molar-refractivity contribution in [3.8, 4) is 0 Å². The number of pyridine rings is 1. The molecule has 0 bridgehead atoms. The second-order valence-electron chi connectivity index (χ2n) is 5.28. The van der Waals surface area contributed by atoms with Crippen molar-refractivity contribution in [2.75, 3.05) is 6.61 Å². The molecule has 1 spiro atoms. The van der Waals surface area contributed by atoms with Crippen molar-refractivity contribution in [1.29, 1.82) is 0 Å². The van der Waals surface area contributed by atoms with Gasteiger partial charge in [-0.15, -0.1) is 0 Å². The van der Waals surface area contributed by atoms with Gasteiger partial charge in [-0.3, -0.25) is 15.1 Å². The molecule has 1 aliphatic carbocycles. The molecule has 1 fully saturated rings. The second kappa shape index (κ2) is 5.30. The van der Waals surface area contributed by atoms with Crippen LogP contribution < -0.4 is 5.53 Å². The average Bonchev–Trinajstić information content (AvgIpc) is 3.23. The molecule has 1 aromatic heterocycles. The van der Waals surface area contributed by atoms with E-state index in [1.165, 1.54) is 6.20 Å². The third-order valence-electron chi connectivity index (χ3n) is 4.20. The van der Waals surface area contributed by atoms with Crippen LogP contribution in [0.25, 0.3) is 11.7 Å². The Labute approximate surface area is 121 Å². The highest BCUT2D eigenvalue weighted by atomic mass is 16.6. The fourth-order valence-corrected chi connectivity index (χ4v) is 2.90. The average molecular weight is 291 g/mol. The van der Waals surface area contributed by atoms with Gasteiger partial charge in [-0.05, 0) is 35.2 Å². The highest BCUT2D eigenvalue weighted by Crippen LogP contribution is 2.49. The van der Waals surface area contributed by atoms with Crippen LogP contribution in [0.3, 0.4) is 0 Å². The van der Waals surface area contributed by atoms with E-state index in [0.29, 0.717) is 18.6 Å². The minimum Gasteiger partial charge on any atom is -0.693 e. The fraction of sp³-hybridized carbons (Fsp3) is 0.462. The Bertz CT molecular complexity index is 612. The number of hydrogen-bond acceptors (Lipinski definition) is 5. The number of ether oxygens (including phenoxy) is 1. The maximum atomic E-state index is 11.1. The van der Waals surface area contributed by atoms with Crippen LogP contribution in [0.5, 0.6) is 0 Å². The molecule has 2 aliphatic rings. The summed E-state index contributed by atoms with van der Waals surface area (Å²) in [6.07, 6.45) is 5.42. The summed E-state index contributed by atoms with van der Waals surface area (Å²) in [7, 11) is 0. The zero-order valence-electron chi connectivity index (χ0n) is 11.6. The van der Waals surface area contributed by atoms with Gasteiger partial charge in [0.15, 0.2) is 6.04 Å². The summed E-state index contributed by atoms with van der Waals surface area (Å²) in [6, 6.07) is 1.41. The molecule has 0 unspecified atom stereocenters. The van der Waals surface area contributed by atoms with Crippen LogP contribution in [0.15, 0.2) is 29.7 Å². The van der Waals surface area contributed by atoms with E-state index in [2.05, 4.69) is 17.0 Å². The lowest BCUT2D eigenvalue weighted by Gasteiger charge is -2.28. The van der Waals surface area contributed by atoms with E-state index in [1.807, 2.05) is 6.08 Å². The normalized spacial score (nSPS) is 30.2. The Balaban J connectivity index is 0.00000161. The van der Waals surface area contributed by atoms with Crippen LogP contribution in [-0.4, -0.2) is 28.2 Å². The maximum Gasteiger partial charge on any atom is 0.294 e. The first-order valence-corrected chi connectivity index (χ1v) is 6.42. The smallest absolute Gasteiger partial charge is 0.294 e. The quantitative estimate of drug-likeness (QED) is 0.389. The Hall–Kier alpha value is -2.19. The first kappa shape index (κ1) is 15.2. The summed E-state index contributed by atoms with van der Waals surface area (Å²) in [5.41, 5.74) is 6.64. The zero-order chi connectivity index (χ0) is 14.3. The fourth-order valence-electron chi connectivity index (χ4n) is 2.90. The highest BCUT2D eigenvalue weighted by molar-refractivity contribution is 5.74. The zero-order valence-corrected chi connectivity index (χ0v) is 11.6. The number of hydrogen-bond donors (Lipinski definition) is 1. The van der Waals surface area contributed by atoms with Crippen molar-refractivity contribution in [1.82, 2.24) is 4.98 Å². The Morgan fingerprint density at radius 3 is 2.90 bits per heavy atom. The van der Waals surface area contributed by atoms with Gasteiger partial charge >= 0.3 is 0 Å². The lowest BCUT2D eigenvalue weighted by Crippen LogP contribution is -2.42. The molecule has 3 atom stereocenters. The molecular weight excluding hydrogens is 274 g/mol. The molecule has 1 saturated heterocycles. The number of rotatable bonds is 3. The van der Waals surface area contributed by atoms with E-state index in [9.17, 15) is 10.1 Å². The number of aromatic nitrogens is 1. The van der Waals surface area contributed by atoms with Crippen LogP contribution in [0.4, 0.5) is 5.69 Å². The maximum absolute atomic E-state index is 11.1. The predicted octanol–water partition coefficient (Wildman–Crippen LogP) is 1.48. The van der Waals surface area contributed by atoms with E-state index in [-0.39, 0.29) is 29.4 Å². The molecule has 1 aromatic rings. The molecule has 8 nitrogen and oxygen atoms in total. The summed E-state index contributed by atoms with van der Waals surface area (Å²) >= 11 is 0. The standard InChI is InChI=1S/C13H14N4O3.H2N/c1-8-4-9(5-12(16-14)13(8)7-20-13)10-2-3-15-6-11(10)17(18)19;/h2-3,5-6,8,12,14H,4,7H2,1H3;1H2/q;-1/p+1/t8-,12+,13+;/m0./s1. The molecule has 0 aromatic carbocycles. The molecule has 2 heterocycles. The van der Waals surface area contributed by atoms with Crippen molar-refractivity contribution >= 4 is 11.3 Å². The third-order valence-corrected chi connectivity index (χ3v) is 4.20. The first-order valence-electron chi connectivity index (χ1n) is 6.42. The summed E-state index contributed by atoms with van der Waals surface area (Å²) in [5, 5.41) is 15.0. The summed E-state index contributed by atoms with van der Waals surface area (Å²) in [5.74, 6) is 0.215. The molecule has 112 valence electrons. The molecule has 8 heteroatoms. The molecule has 0 radical (unpaired) electrons. The second-order valence-corrected chi connectivity index (χ2v) is 5.28. The number of nitrogens with two attached hydrogens (primary N) is 2. The topological polar surface area (TPSA) is 140 Å². The van der Waals surface area contributed by atoms with Gasteiger partial charge in [0.25, 0.3) is 5.69 Å². The van der Waals surface area contributed by atoms with E-state index < -0.39 is 4.92 Å². The SMILES string of the molecule is C[C@H]1CC(c2ccncc2[N+](=O)[O-])=C[C@@H](N=[NH2+])[C@@]12CO2.[NH2-]. The summed E-state index contributed by atoms with van der Waals surface area (Å²) in [4.78, 5) is 14.5. The monoisotopic (exact) mass is 291 g/mol. The van der Waals surface area contributed by atoms with E-state index in [4.69, 9.17) is 10.3 Å². The van der Waals surface area contributed by atoms with E-state index >= 15 is 0 Å². The minimum atomic E-state index is -0.416. The van der Waals surface area contributed by atoms with Crippen LogP contribution >= 0.6 is 0 Å².